The summed E-state index contributed by atoms with van der Waals surface area (Å²) in [5.74, 6) is -0.0818. The number of nitrogens with zero attached hydrogens (tertiary/aromatic N) is 2. The molecule has 0 aromatic heterocycles. The zero-order chi connectivity index (χ0) is 15.7. The van der Waals surface area contributed by atoms with E-state index in [1.807, 2.05) is 11.8 Å². The van der Waals surface area contributed by atoms with Gasteiger partial charge in [-0.3, -0.25) is 4.79 Å². The molecule has 22 heavy (non-hydrogen) atoms. The van der Waals surface area contributed by atoms with E-state index in [1.54, 1.807) is 0 Å². The molecule has 0 bridgehead atoms. The second-order valence-electron chi connectivity index (χ2n) is 7.15. The van der Waals surface area contributed by atoms with Crippen LogP contribution in [0.25, 0.3) is 0 Å². The van der Waals surface area contributed by atoms with Crippen molar-refractivity contribution in [3.63, 3.8) is 0 Å². The Morgan fingerprint density at radius 1 is 1.23 bits per heavy atom. The van der Waals surface area contributed by atoms with E-state index < -0.39 is 0 Å². The minimum Gasteiger partial charge on any atom is -0.450 e. The molecular formula is C16H27N3O3. The zero-order valence-electron chi connectivity index (χ0n) is 13.4. The fourth-order valence-corrected chi connectivity index (χ4v) is 4.39. The number of amides is 2. The van der Waals surface area contributed by atoms with E-state index in [1.165, 1.54) is 12.8 Å². The number of nitrogens with two attached hydrogens (primary N) is 1. The maximum absolute atomic E-state index is 11.8. The van der Waals surface area contributed by atoms with Crippen molar-refractivity contribution >= 4 is 12.0 Å². The van der Waals surface area contributed by atoms with Gasteiger partial charge in [0, 0.05) is 25.0 Å². The minimum atomic E-state index is -0.162. The lowest BCUT2D eigenvalue weighted by atomic mass is 9.64. The number of primary amides is 1. The predicted molar refractivity (Wildman–Crippen MR) is 82.2 cm³/mol. The first kappa shape index (κ1) is 15.6. The molecule has 3 rings (SSSR count). The topological polar surface area (TPSA) is 75.9 Å². The van der Waals surface area contributed by atoms with Crippen molar-refractivity contribution in [3.8, 4) is 0 Å². The van der Waals surface area contributed by atoms with Crippen LogP contribution in [0.4, 0.5) is 4.79 Å². The third kappa shape index (κ3) is 2.93. The standard InChI is InChI=1S/C16H27N3O3/c1-2-22-15(21)19-8-5-16(11-19)9-13(10-16)18-6-3-12(4-7-18)14(17)20/h12-13H,2-11H2,1H3,(H2,17,20). The molecule has 124 valence electrons. The minimum absolute atomic E-state index is 0.0658. The molecule has 2 saturated heterocycles. The summed E-state index contributed by atoms with van der Waals surface area (Å²) in [6, 6.07) is 0.621. The van der Waals surface area contributed by atoms with Crippen LogP contribution in [-0.4, -0.2) is 60.6 Å². The maximum Gasteiger partial charge on any atom is 0.409 e. The van der Waals surface area contributed by atoms with Crippen LogP contribution >= 0.6 is 0 Å². The molecule has 1 saturated carbocycles. The van der Waals surface area contributed by atoms with E-state index >= 15 is 0 Å². The quantitative estimate of drug-likeness (QED) is 0.850. The van der Waals surface area contributed by atoms with Gasteiger partial charge in [0.25, 0.3) is 0 Å². The molecule has 0 radical (unpaired) electrons. The van der Waals surface area contributed by atoms with Gasteiger partial charge >= 0.3 is 6.09 Å². The van der Waals surface area contributed by atoms with Crippen LogP contribution in [0.3, 0.4) is 0 Å². The Bertz CT molecular complexity index is 440. The normalized spacial score (nSPS) is 33.0. The maximum atomic E-state index is 11.8. The van der Waals surface area contributed by atoms with Crippen LogP contribution in [0.2, 0.25) is 0 Å². The van der Waals surface area contributed by atoms with E-state index in [0.717, 1.165) is 45.4 Å². The van der Waals surface area contributed by atoms with Gasteiger partial charge in [-0.05, 0) is 57.5 Å². The van der Waals surface area contributed by atoms with Gasteiger partial charge < -0.3 is 20.3 Å². The number of rotatable bonds is 3. The molecule has 3 fully saturated rings. The Kier molecular flexibility index (Phi) is 4.30. The van der Waals surface area contributed by atoms with Crippen LogP contribution in [0, 0.1) is 11.3 Å². The summed E-state index contributed by atoms with van der Waals surface area (Å²) in [6.45, 7) is 5.93. The summed E-state index contributed by atoms with van der Waals surface area (Å²) in [6.07, 6.45) is 5.07. The molecule has 6 nitrogen and oxygen atoms in total. The Morgan fingerprint density at radius 2 is 1.91 bits per heavy atom. The molecule has 0 aromatic rings. The highest BCUT2D eigenvalue weighted by Gasteiger charge is 2.51. The number of ether oxygens (including phenoxy) is 1. The first-order valence-corrected chi connectivity index (χ1v) is 8.48. The summed E-state index contributed by atoms with van der Waals surface area (Å²) in [4.78, 5) is 27.4. The van der Waals surface area contributed by atoms with Gasteiger partial charge in [0.05, 0.1) is 6.61 Å². The van der Waals surface area contributed by atoms with Gasteiger partial charge in [-0.25, -0.2) is 4.79 Å². The number of likely N-dealkylation sites (tertiary alicyclic amines) is 2. The fraction of sp³-hybridized carbons (Fsp3) is 0.875. The number of piperidine rings is 1. The van der Waals surface area contributed by atoms with E-state index in [9.17, 15) is 9.59 Å². The number of hydrogen-bond acceptors (Lipinski definition) is 4. The number of carbonyl (C=O) groups excluding carboxylic acids is 2. The summed E-state index contributed by atoms with van der Waals surface area (Å²) in [5.41, 5.74) is 5.71. The smallest absolute Gasteiger partial charge is 0.409 e. The second kappa shape index (κ2) is 6.07. The largest absolute Gasteiger partial charge is 0.450 e. The van der Waals surface area contributed by atoms with Crippen LogP contribution in [0.5, 0.6) is 0 Å². The van der Waals surface area contributed by atoms with Crippen molar-refractivity contribution in [3.05, 3.63) is 0 Å². The third-order valence-electron chi connectivity index (χ3n) is 5.75. The average Bonchev–Trinajstić information content (AvgIpc) is 2.91. The van der Waals surface area contributed by atoms with Crippen molar-refractivity contribution in [2.75, 3.05) is 32.8 Å². The monoisotopic (exact) mass is 309 g/mol. The molecular weight excluding hydrogens is 282 g/mol. The highest BCUT2D eigenvalue weighted by atomic mass is 16.6. The molecule has 2 N–H and O–H groups in total. The van der Waals surface area contributed by atoms with Gasteiger partial charge in [-0.1, -0.05) is 0 Å². The number of carbonyl (C=O) groups is 2. The molecule has 2 aliphatic heterocycles. The SMILES string of the molecule is CCOC(=O)N1CCC2(CC(N3CCC(C(N)=O)CC3)C2)C1. The Hall–Kier alpha value is -1.30. The van der Waals surface area contributed by atoms with Gasteiger partial charge in [0.15, 0.2) is 0 Å². The molecule has 0 aromatic carbocycles. The highest BCUT2D eigenvalue weighted by Crippen LogP contribution is 2.50. The van der Waals surface area contributed by atoms with E-state index in [4.69, 9.17) is 10.5 Å². The fourth-order valence-electron chi connectivity index (χ4n) is 4.39. The van der Waals surface area contributed by atoms with Crippen molar-refractivity contribution in [1.82, 2.24) is 9.80 Å². The Labute approximate surface area is 131 Å². The van der Waals surface area contributed by atoms with Crippen molar-refractivity contribution in [2.45, 2.75) is 45.1 Å². The van der Waals surface area contributed by atoms with Crippen molar-refractivity contribution < 1.29 is 14.3 Å². The first-order valence-electron chi connectivity index (χ1n) is 8.48. The molecule has 6 heteroatoms. The molecule has 0 atom stereocenters. The summed E-state index contributed by atoms with van der Waals surface area (Å²) in [5, 5.41) is 0. The van der Waals surface area contributed by atoms with Crippen molar-refractivity contribution in [2.24, 2.45) is 17.1 Å². The molecule has 3 aliphatic rings. The molecule has 2 heterocycles. The van der Waals surface area contributed by atoms with Gasteiger partial charge in [0.2, 0.25) is 5.91 Å². The highest BCUT2D eigenvalue weighted by molar-refractivity contribution is 5.76. The summed E-state index contributed by atoms with van der Waals surface area (Å²) < 4.78 is 5.10. The van der Waals surface area contributed by atoms with Gasteiger partial charge in [0.1, 0.15) is 0 Å². The molecule has 1 spiro atoms. The van der Waals surface area contributed by atoms with Crippen LogP contribution in [0.1, 0.15) is 39.0 Å². The van der Waals surface area contributed by atoms with Gasteiger partial charge in [-0.2, -0.15) is 0 Å². The first-order chi connectivity index (χ1) is 10.5. The van der Waals surface area contributed by atoms with Crippen LogP contribution in [0.15, 0.2) is 0 Å². The van der Waals surface area contributed by atoms with E-state index in [2.05, 4.69) is 4.90 Å². The van der Waals surface area contributed by atoms with Crippen molar-refractivity contribution in [1.29, 1.82) is 0 Å². The van der Waals surface area contributed by atoms with Gasteiger partial charge in [-0.15, -0.1) is 0 Å². The third-order valence-corrected chi connectivity index (χ3v) is 5.75. The average molecular weight is 309 g/mol. The Balaban J connectivity index is 1.45. The van der Waals surface area contributed by atoms with Crippen LogP contribution < -0.4 is 5.73 Å². The predicted octanol–water partition coefficient (Wildman–Crippen LogP) is 1.19. The second-order valence-corrected chi connectivity index (χ2v) is 7.15. The van der Waals surface area contributed by atoms with Crippen LogP contribution in [-0.2, 0) is 9.53 Å². The molecule has 2 amide bonds. The van der Waals surface area contributed by atoms with E-state index in [0.29, 0.717) is 18.1 Å². The molecule has 1 aliphatic carbocycles. The summed E-state index contributed by atoms with van der Waals surface area (Å²) >= 11 is 0. The zero-order valence-corrected chi connectivity index (χ0v) is 13.4. The number of hydrogen-bond donors (Lipinski definition) is 1. The summed E-state index contributed by atoms with van der Waals surface area (Å²) in [7, 11) is 0. The van der Waals surface area contributed by atoms with E-state index in [-0.39, 0.29) is 17.9 Å². The lowest BCUT2D eigenvalue weighted by molar-refractivity contribution is -0.124. The Morgan fingerprint density at radius 3 is 2.50 bits per heavy atom. The lowest BCUT2D eigenvalue weighted by Crippen LogP contribution is -2.54. The molecule has 0 unspecified atom stereocenters. The lowest BCUT2D eigenvalue weighted by Gasteiger charge is -2.51.